The lowest BCUT2D eigenvalue weighted by atomic mass is 10.0. The Labute approximate surface area is 182 Å². The maximum atomic E-state index is 12.2. The van der Waals surface area contributed by atoms with Crippen LogP contribution in [0.15, 0.2) is 59.8 Å². The molecule has 6 nitrogen and oxygen atoms in total. The molecule has 0 aliphatic carbocycles. The van der Waals surface area contributed by atoms with Gasteiger partial charge in [0, 0.05) is 12.2 Å². The molecule has 0 spiro atoms. The zero-order valence-electron chi connectivity index (χ0n) is 17.8. The molecule has 3 rings (SSSR count). The van der Waals surface area contributed by atoms with Gasteiger partial charge in [0.1, 0.15) is 5.75 Å². The second kappa shape index (κ2) is 10.3. The molecular weight excluding hydrogens is 396 g/mol. The molecule has 0 aliphatic heterocycles. The number of amides is 1. The second-order valence-corrected chi connectivity index (χ2v) is 8.21. The third-order valence-electron chi connectivity index (χ3n) is 4.67. The van der Waals surface area contributed by atoms with E-state index in [9.17, 15) is 4.79 Å². The summed E-state index contributed by atoms with van der Waals surface area (Å²) in [6.45, 7) is 9.03. The molecule has 0 saturated carbocycles. The van der Waals surface area contributed by atoms with Crippen LogP contribution in [0.25, 0.3) is 0 Å². The van der Waals surface area contributed by atoms with Crippen LogP contribution >= 0.6 is 11.8 Å². The molecule has 0 bridgehead atoms. The Morgan fingerprint density at radius 3 is 2.40 bits per heavy atom. The number of hydrogen-bond donors (Lipinski definition) is 1. The number of ether oxygens (including phenoxy) is 1. The first kappa shape index (κ1) is 21.9. The van der Waals surface area contributed by atoms with Crippen molar-refractivity contribution in [2.75, 3.05) is 11.1 Å². The minimum atomic E-state index is -0.255. The molecule has 0 saturated heterocycles. The average molecular weight is 425 g/mol. The maximum Gasteiger partial charge on any atom is 0.234 e. The van der Waals surface area contributed by atoms with E-state index in [1.165, 1.54) is 17.3 Å². The van der Waals surface area contributed by atoms with Gasteiger partial charge in [-0.15, -0.1) is 10.2 Å². The van der Waals surface area contributed by atoms with Crippen molar-refractivity contribution >= 4 is 23.4 Å². The van der Waals surface area contributed by atoms with Crippen LogP contribution in [0.1, 0.15) is 51.1 Å². The molecule has 1 atom stereocenters. The molecule has 7 heteroatoms. The quantitative estimate of drug-likeness (QED) is 0.473. The standard InChI is InChI=1S/C23H28N4O2S/c1-5-27-22(17(4)29-20-13-11-18(12-14-20)16(2)3)25-26-23(27)30-15-21(28)24-19-9-7-6-8-10-19/h6-14,16-17H,5,15H2,1-4H3,(H,24,28). The van der Waals surface area contributed by atoms with Crippen LogP contribution in [-0.4, -0.2) is 26.4 Å². The van der Waals surface area contributed by atoms with E-state index in [0.29, 0.717) is 17.6 Å². The highest BCUT2D eigenvalue weighted by Gasteiger charge is 2.19. The topological polar surface area (TPSA) is 69.0 Å². The minimum Gasteiger partial charge on any atom is -0.483 e. The SMILES string of the molecule is CCn1c(SCC(=O)Nc2ccccc2)nnc1C(C)Oc1ccc(C(C)C)cc1. The van der Waals surface area contributed by atoms with Gasteiger partial charge in [-0.05, 0) is 49.6 Å². The second-order valence-electron chi connectivity index (χ2n) is 7.27. The highest BCUT2D eigenvalue weighted by Crippen LogP contribution is 2.26. The largest absolute Gasteiger partial charge is 0.483 e. The van der Waals surface area contributed by atoms with Gasteiger partial charge in [-0.2, -0.15) is 0 Å². The predicted octanol–water partition coefficient (Wildman–Crippen LogP) is 5.29. The van der Waals surface area contributed by atoms with Crippen molar-refractivity contribution in [3.63, 3.8) is 0 Å². The smallest absolute Gasteiger partial charge is 0.234 e. The number of hydrogen-bond acceptors (Lipinski definition) is 5. The zero-order chi connectivity index (χ0) is 21.5. The summed E-state index contributed by atoms with van der Waals surface area (Å²) >= 11 is 1.37. The molecule has 1 heterocycles. The molecule has 3 aromatic rings. The molecule has 0 fully saturated rings. The van der Waals surface area contributed by atoms with Crippen LogP contribution < -0.4 is 10.1 Å². The van der Waals surface area contributed by atoms with Crippen molar-refractivity contribution in [2.24, 2.45) is 0 Å². The summed E-state index contributed by atoms with van der Waals surface area (Å²) in [5, 5.41) is 12.2. The maximum absolute atomic E-state index is 12.2. The summed E-state index contributed by atoms with van der Waals surface area (Å²) in [4.78, 5) is 12.2. The fraction of sp³-hybridized carbons (Fsp3) is 0.348. The van der Waals surface area contributed by atoms with E-state index in [-0.39, 0.29) is 17.8 Å². The number of aromatic nitrogens is 3. The van der Waals surface area contributed by atoms with Gasteiger partial charge < -0.3 is 14.6 Å². The Hall–Kier alpha value is -2.80. The van der Waals surface area contributed by atoms with Crippen molar-refractivity contribution in [2.45, 2.75) is 51.4 Å². The molecule has 1 aromatic heterocycles. The Bertz CT molecular complexity index is 955. The van der Waals surface area contributed by atoms with E-state index >= 15 is 0 Å². The summed E-state index contributed by atoms with van der Waals surface area (Å²) in [6, 6.07) is 17.6. The van der Waals surface area contributed by atoms with E-state index in [1.54, 1.807) is 0 Å². The van der Waals surface area contributed by atoms with Crippen LogP contribution in [0.2, 0.25) is 0 Å². The molecular formula is C23H28N4O2S. The Kier molecular flexibility index (Phi) is 7.52. The average Bonchev–Trinajstić information content (AvgIpc) is 3.16. The zero-order valence-corrected chi connectivity index (χ0v) is 18.6. The first-order chi connectivity index (χ1) is 14.5. The summed E-state index contributed by atoms with van der Waals surface area (Å²) in [5.74, 6) is 2.22. The van der Waals surface area contributed by atoms with Crippen molar-refractivity contribution < 1.29 is 9.53 Å². The first-order valence-electron chi connectivity index (χ1n) is 10.1. The van der Waals surface area contributed by atoms with Gasteiger partial charge in [0.25, 0.3) is 0 Å². The Morgan fingerprint density at radius 2 is 1.77 bits per heavy atom. The highest BCUT2D eigenvalue weighted by molar-refractivity contribution is 7.99. The molecule has 2 aromatic carbocycles. The lowest BCUT2D eigenvalue weighted by Gasteiger charge is -2.16. The van der Waals surface area contributed by atoms with Gasteiger partial charge in [-0.3, -0.25) is 4.79 Å². The van der Waals surface area contributed by atoms with Crippen LogP contribution in [-0.2, 0) is 11.3 Å². The first-order valence-corrected chi connectivity index (χ1v) is 11.1. The summed E-state index contributed by atoms with van der Waals surface area (Å²) in [5.41, 5.74) is 2.06. The monoisotopic (exact) mass is 424 g/mol. The van der Waals surface area contributed by atoms with E-state index in [4.69, 9.17) is 4.74 Å². The van der Waals surface area contributed by atoms with E-state index < -0.39 is 0 Å². The summed E-state index contributed by atoms with van der Waals surface area (Å²) < 4.78 is 8.08. The molecule has 1 N–H and O–H groups in total. The lowest BCUT2D eigenvalue weighted by Crippen LogP contribution is -2.15. The number of nitrogens with zero attached hydrogens (tertiary/aromatic N) is 3. The predicted molar refractivity (Wildman–Crippen MR) is 121 cm³/mol. The summed E-state index contributed by atoms with van der Waals surface area (Å²) in [6.07, 6.45) is -0.255. The van der Waals surface area contributed by atoms with Gasteiger partial charge in [-0.25, -0.2) is 0 Å². The van der Waals surface area contributed by atoms with Gasteiger partial charge in [0.2, 0.25) is 5.91 Å². The minimum absolute atomic E-state index is 0.0760. The van der Waals surface area contributed by atoms with E-state index in [1.807, 2.05) is 60.9 Å². The number of thioether (sulfide) groups is 1. The number of benzene rings is 2. The van der Waals surface area contributed by atoms with Crippen molar-refractivity contribution in [3.8, 4) is 5.75 Å². The number of carbonyl (C=O) groups excluding carboxylic acids is 1. The van der Waals surface area contributed by atoms with Crippen LogP contribution in [0.4, 0.5) is 5.69 Å². The van der Waals surface area contributed by atoms with Gasteiger partial charge >= 0.3 is 0 Å². The molecule has 158 valence electrons. The third-order valence-corrected chi connectivity index (χ3v) is 5.64. The normalized spacial score (nSPS) is 12.0. The molecule has 1 unspecified atom stereocenters. The van der Waals surface area contributed by atoms with Crippen molar-refractivity contribution in [3.05, 3.63) is 66.0 Å². The molecule has 0 aliphatic rings. The number of para-hydroxylation sites is 1. The number of carbonyl (C=O) groups is 1. The highest BCUT2D eigenvalue weighted by atomic mass is 32.2. The Morgan fingerprint density at radius 1 is 1.07 bits per heavy atom. The Balaban J connectivity index is 1.62. The van der Waals surface area contributed by atoms with Gasteiger partial charge in [0.05, 0.1) is 5.75 Å². The molecule has 1 amide bonds. The van der Waals surface area contributed by atoms with Crippen molar-refractivity contribution in [1.29, 1.82) is 0 Å². The van der Waals surface area contributed by atoms with Gasteiger partial charge in [0.15, 0.2) is 17.1 Å². The molecule has 0 radical (unpaired) electrons. The van der Waals surface area contributed by atoms with Gasteiger partial charge in [-0.1, -0.05) is 55.9 Å². The van der Waals surface area contributed by atoms with E-state index in [0.717, 1.165) is 17.3 Å². The molecule has 30 heavy (non-hydrogen) atoms. The third kappa shape index (κ3) is 5.63. The van der Waals surface area contributed by atoms with Crippen LogP contribution in [0.5, 0.6) is 5.75 Å². The lowest BCUT2D eigenvalue weighted by molar-refractivity contribution is -0.113. The fourth-order valence-corrected chi connectivity index (χ4v) is 3.85. The number of nitrogens with one attached hydrogen (secondary N) is 1. The summed E-state index contributed by atoms with van der Waals surface area (Å²) in [7, 11) is 0. The van der Waals surface area contributed by atoms with E-state index in [2.05, 4.69) is 41.5 Å². The number of anilines is 1. The number of rotatable bonds is 9. The fourth-order valence-electron chi connectivity index (χ4n) is 3.04. The van der Waals surface area contributed by atoms with Crippen molar-refractivity contribution in [1.82, 2.24) is 14.8 Å². The van der Waals surface area contributed by atoms with Crippen LogP contribution in [0, 0.1) is 0 Å². The van der Waals surface area contributed by atoms with Crippen LogP contribution in [0.3, 0.4) is 0 Å².